The Morgan fingerprint density at radius 2 is 2.00 bits per heavy atom. The SMILES string of the molecule is CCOC(=O)C(O)C(O)c1c(C)nn(C)c1C(=O)O. The fourth-order valence-corrected chi connectivity index (χ4v) is 1.80. The lowest BCUT2D eigenvalue weighted by atomic mass is 10.0. The zero-order valence-corrected chi connectivity index (χ0v) is 10.8. The average Bonchev–Trinajstić information content (AvgIpc) is 2.62. The summed E-state index contributed by atoms with van der Waals surface area (Å²) in [6.45, 7) is 3.07. The highest BCUT2D eigenvalue weighted by molar-refractivity contribution is 5.88. The van der Waals surface area contributed by atoms with Gasteiger partial charge in [-0.15, -0.1) is 0 Å². The van der Waals surface area contributed by atoms with Gasteiger partial charge in [0.2, 0.25) is 0 Å². The van der Waals surface area contributed by atoms with Gasteiger partial charge in [-0.25, -0.2) is 9.59 Å². The average molecular weight is 272 g/mol. The van der Waals surface area contributed by atoms with Crippen molar-refractivity contribution in [2.75, 3.05) is 6.61 Å². The van der Waals surface area contributed by atoms with Gasteiger partial charge in [-0.1, -0.05) is 0 Å². The molecule has 0 aliphatic heterocycles. The standard InChI is InChI=1S/C11H16N2O6/c1-4-19-11(18)9(15)8(14)6-5(2)12-13(3)7(6)10(16)17/h8-9,14-15H,4H2,1-3H3,(H,16,17). The van der Waals surface area contributed by atoms with E-state index in [0.717, 1.165) is 4.68 Å². The highest BCUT2D eigenvalue weighted by Gasteiger charge is 2.34. The molecule has 8 heteroatoms. The van der Waals surface area contributed by atoms with Gasteiger partial charge in [0.05, 0.1) is 12.3 Å². The highest BCUT2D eigenvalue weighted by atomic mass is 16.5. The fourth-order valence-electron chi connectivity index (χ4n) is 1.80. The van der Waals surface area contributed by atoms with Crippen LogP contribution in [-0.4, -0.2) is 49.7 Å². The van der Waals surface area contributed by atoms with Crippen LogP contribution in [0.4, 0.5) is 0 Å². The van der Waals surface area contributed by atoms with Gasteiger partial charge in [-0.2, -0.15) is 5.10 Å². The Hall–Kier alpha value is -1.93. The number of aliphatic hydroxyl groups excluding tert-OH is 2. The summed E-state index contributed by atoms with van der Waals surface area (Å²) < 4.78 is 5.63. The predicted octanol–water partition coefficient (Wildman–Crippen LogP) is -0.616. The van der Waals surface area contributed by atoms with E-state index >= 15 is 0 Å². The summed E-state index contributed by atoms with van der Waals surface area (Å²) in [5.74, 6) is -2.33. The minimum absolute atomic E-state index is 0.0421. The largest absolute Gasteiger partial charge is 0.477 e. The number of carboxylic acid groups (broad SMARTS) is 1. The Labute approximate surface area is 109 Å². The van der Waals surface area contributed by atoms with Crippen molar-refractivity contribution in [1.82, 2.24) is 9.78 Å². The van der Waals surface area contributed by atoms with Crippen molar-refractivity contribution in [3.8, 4) is 0 Å². The number of ether oxygens (including phenoxy) is 1. The zero-order valence-electron chi connectivity index (χ0n) is 10.8. The second-order valence-corrected chi connectivity index (χ2v) is 3.92. The lowest BCUT2D eigenvalue weighted by molar-refractivity contribution is -0.159. The number of carbonyl (C=O) groups is 2. The smallest absolute Gasteiger partial charge is 0.354 e. The van der Waals surface area contributed by atoms with Gasteiger partial charge in [-0.3, -0.25) is 4.68 Å². The van der Waals surface area contributed by atoms with Crippen LogP contribution in [0.3, 0.4) is 0 Å². The Morgan fingerprint density at radius 1 is 1.42 bits per heavy atom. The summed E-state index contributed by atoms with van der Waals surface area (Å²) in [6.07, 6.45) is -3.57. The monoisotopic (exact) mass is 272 g/mol. The van der Waals surface area contributed by atoms with Crippen molar-refractivity contribution < 1.29 is 29.6 Å². The van der Waals surface area contributed by atoms with E-state index in [1.54, 1.807) is 6.92 Å². The number of aryl methyl sites for hydroxylation is 2. The number of hydrogen-bond acceptors (Lipinski definition) is 6. The number of esters is 1. The summed E-state index contributed by atoms with van der Waals surface area (Å²) in [5, 5.41) is 32.5. The third-order valence-electron chi connectivity index (χ3n) is 2.59. The Balaban J connectivity index is 3.15. The summed E-state index contributed by atoms with van der Waals surface area (Å²) in [7, 11) is 1.39. The minimum atomic E-state index is -1.86. The van der Waals surface area contributed by atoms with Crippen molar-refractivity contribution in [1.29, 1.82) is 0 Å². The van der Waals surface area contributed by atoms with Crippen molar-refractivity contribution >= 4 is 11.9 Å². The van der Waals surface area contributed by atoms with Gasteiger partial charge in [0.1, 0.15) is 6.10 Å². The molecular formula is C11H16N2O6. The van der Waals surface area contributed by atoms with Crippen LogP contribution in [0.2, 0.25) is 0 Å². The van der Waals surface area contributed by atoms with Gasteiger partial charge in [0, 0.05) is 12.6 Å². The molecule has 8 nitrogen and oxygen atoms in total. The molecule has 0 bridgehead atoms. The highest BCUT2D eigenvalue weighted by Crippen LogP contribution is 2.25. The van der Waals surface area contributed by atoms with Crippen LogP contribution in [0, 0.1) is 6.92 Å². The van der Waals surface area contributed by atoms with Gasteiger partial charge in [0.15, 0.2) is 11.8 Å². The molecule has 1 rings (SSSR count). The predicted molar refractivity (Wildman–Crippen MR) is 62.5 cm³/mol. The Kier molecular flexibility index (Phi) is 4.62. The van der Waals surface area contributed by atoms with E-state index in [9.17, 15) is 19.8 Å². The van der Waals surface area contributed by atoms with Crippen molar-refractivity contribution in [2.45, 2.75) is 26.1 Å². The third kappa shape index (κ3) is 2.91. The second-order valence-electron chi connectivity index (χ2n) is 3.92. The molecule has 0 spiro atoms. The molecule has 0 aliphatic rings. The number of aromatic nitrogens is 2. The molecule has 19 heavy (non-hydrogen) atoms. The molecule has 1 aromatic heterocycles. The maximum atomic E-state index is 11.4. The first kappa shape index (κ1) is 15.1. The van der Waals surface area contributed by atoms with Gasteiger partial charge < -0.3 is 20.1 Å². The number of nitrogens with zero attached hydrogens (tertiary/aromatic N) is 2. The van der Waals surface area contributed by atoms with E-state index in [1.807, 2.05) is 0 Å². The van der Waals surface area contributed by atoms with E-state index in [-0.39, 0.29) is 23.6 Å². The summed E-state index contributed by atoms with van der Waals surface area (Å²) >= 11 is 0. The molecule has 1 heterocycles. The van der Waals surface area contributed by atoms with Crippen LogP contribution >= 0.6 is 0 Å². The quantitative estimate of drug-likeness (QED) is 0.611. The van der Waals surface area contributed by atoms with Crippen molar-refractivity contribution in [2.24, 2.45) is 7.05 Å². The Morgan fingerprint density at radius 3 is 2.47 bits per heavy atom. The summed E-state index contributed by atoms with van der Waals surface area (Å²) in [6, 6.07) is 0. The minimum Gasteiger partial charge on any atom is -0.477 e. The summed E-state index contributed by atoms with van der Waals surface area (Å²) in [4.78, 5) is 22.5. The molecule has 0 fully saturated rings. The van der Waals surface area contributed by atoms with E-state index in [1.165, 1.54) is 14.0 Å². The lowest BCUT2D eigenvalue weighted by Crippen LogP contribution is -2.31. The number of aliphatic hydroxyl groups is 2. The number of carboxylic acids is 1. The first-order valence-corrected chi connectivity index (χ1v) is 5.60. The number of carbonyl (C=O) groups excluding carboxylic acids is 1. The van der Waals surface area contributed by atoms with E-state index in [4.69, 9.17) is 5.11 Å². The van der Waals surface area contributed by atoms with E-state index in [0.29, 0.717) is 0 Å². The number of hydrogen-bond donors (Lipinski definition) is 3. The molecule has 0 amide bonds. The molecule has 2 atom stereocenters. The van der Waals surface area contributed by atoms with Crippen molar-refractivity contribution in [3.05, 3.63) is 17.0 Å². The zero-order chi connectivity index (χ0) is 14.7. The van der Waals surface area contributed by atoms with Gasteiger partial charge in [0.25, 0.3) is 0 Å². The Bertz CT molecular complexity index is 496. The maximum absolute atomic E-state index is 11.4. The number of aromatic carboxylic acids is 1. The molecule has 2 unspecified atom stereocenters. The second kappa shape index (κ2) is 5.81. The molecule has 3 N–H and O–H groups in total. The van der Waals surface area contributed by atoms with Gasteiger partial charge >= 0.3 is 11.9 Å². The van der Waals surface area contributed by atoms with Crippen LogP contribution in [0.5, 0.6) is 0 Å². The topological polar surface area (TPSA) is 122 Å². The van der Waals surface area contributed by atoms with Gasteiger partial charge in [-0.05, 0) is 13.8 Å². The molecule has 0 saturated carbocycles. The third-order valence-corrected chi connectivity index (χ3v) is 2.59. The lowest BCUT2D eigenvalue weighted by Gasteiger charge is -2.16. The van der Waals surface area contributed by atoms with Crippen molar-refractivity contribution in [3.63, 3.8) is 0 Å². The molecule has 0 saturated heterocycles. The molecule has 0 radical (unpaired) electrons. The van der Waals surface area contributed by atoms with Crippen LogP contribution in [0.15, 0.2) is 0 Å². The van der Waals surface area contributed by atoms with E-state index in [2.05, 4.69) is 9.84 Å². The molecule has 0 aromatic carbocycles. The first-order valence-electron chi connectivity index (χ1n) is 5.60. The maximum Gasteiger partial charge on any atom is 0.354 e. The van der Waals surface area contributed by atoms with Crippen LogP contribution in [0.25, 0.3) is 0 Å². The molecule has 1 aromatic rings. The molecular weight excluding hydrogens is 256 g/mol. The fraction of sp³-hybridized carbons (Fsp3) is 0.545. The van der Waals surface area contributed by atoms with Crippen LogP contribution in [-0.2, 0) is 16.6 Å². The molecule has 0 aliphatic carbocycles. The molecule has 106 valence electrons. The van der Waals surface area contributed by atoms with Crippen LogP contribution < -0.4 is 0 Å². The first-order chi connectivity index (χ1) is 8.81. The van der Waals surface area contributed by atoms with Crippen LogP contribution in [0.1, 0.15) is 34.8 Å². The normalized spacial score (nSPS) is 13.9. The van der Waals surface area contributed by atoms with E-state index < -0.39 is 24.1 Å². The number of rotatable bonds is 5. The summed E-state index contributed by atoms with van der Waals surface area (Å²) in [5.41, 5.74) is -0.167.